The number of benzene rings is 1. The molecule has 0 bridgehead atoms. The maximum Gasteiger partial charge on any atom is 0.0491 e. The smallest absolute Gasteiger partial charge is 0.0491 e. The van der Waals surface area contributed by atoms with E-state index in [1.54, 1.807) is 11.1 Å². The van der Waals surface area contributed by atoms with E-state index in [0.29, 0.717) is 17.3 Å². The highest BCUT2D eigenvalue weighted by molar-refractivity contribution is 6.21. The Bertz CT molecular complexity index is 445. The second-order valence-corrected chi connectivity index (χ2v) is 7.16. The summed E-state index contributed by atoms with van der Waals surface area (Å²) in [7, 11) is 2.28. The Morgan fingerprint density at radius 1 is 1.10 bits per heavy atom. The Morgan fingerprint density at radius 2 is 1.90 bits per heavy atom. The van der Waals surface area contributed by atoms with Crippen LogP contribution in [-0.2, 0) is 6.42 Å². The lowest BCUT2D eigenvalue weighted by Gasteiger charge is -2.38. The number of fused-ring (bicyclic) bond motifs is 1. The first-order chi connectivity index (χ1) is 9.75. The molecule has 3 rings (SSSR count). The quantitative estimate of drug-likeness (QED) is 0.736. The number of nitrogens with zero attached hydrogens (tertiary/aromatic N) is 1. The van der Waals surface area contributed by atoms with Gasteiger partial charge in [0, 0.05) is 18.0 Å². The van der Waals surface area contributed by atoms with Gasteiger partial charge in [-0.3, -0.25) is 0 Å². The zero-order valence-corrected chi connectivity index (χ0v) is 13.3. The third-order valence-corrected chi connectivity index (χ3v) is 5.72. The lowest BCUT2D eigenvalue weighted by molar-refractivity contribution is 0.181. The van der Waals surface area contributed by atoms with Crippen LogP contribution in [0.1, 0.15) is 55.6 Å². The van der Waals surface area contributed by atoms with Gasteiger partial charge in [-0.15, -0.1) is 11.6 Å². The molecule has 2 heteroatoms. The molecule has 1 nitrogen and oxygen atoms in total. The Balaban J connectivity index is 1.69. The normalized spacial score (nSPS) is 30.2. The Kier molecular flexibility index (Phi) is 4.68. The third kappa shape index (κ3) is 3.04. The summed E-state index contributed by atoms with van der Waals surface area (Å²) in [5, 5.41) is 0.354. The topological polar surface area (TPSA) is 3.24 Å². The minimum absolute atomic E-state index is 0.354. The lowest BCUT2D eigenvalue weighted by atomic mass is 9.82. The number of aryl methyl sites for hydroxylation is 1. The molecular formula is C18H26ClN. The van der Waals surface area contributed by atoms with Crippen LogP contribution in [-0.4, -0.2) is 29.9 Å². The van der Waals surface area contributed by atoms with Gasteiger partial charge in [0.2, 0.25) is 0 Å². The second-order valence-electron chi connectivity index (χ2n) is 6.60. The summed E-state index contributed by atoms with van der Waals surface area (Å²) < 4.78 is 0. The fourth-order valence-corrected chi connectivity index (χ4v) is 4.56. The van der Waals surface area contributed by atoms with Gasteiger partial charge in [-0.2, -0.15) is 0 Å². The van der Waals surface area contributed by atoms with Crippen LogP contribution in [0.2, 0.25) is 0 Å². The SMILES string of the molecule is CN(CC1CCCc2ccccc21)C1CCCCC1Cl. The zero-order chi connectivity index (χ0) is 13.9. The molecule has 0 saturated heterocycles. The highest BCUT2D eigenvalue weighted by Gasteiger charge is 2.29. The number of hydrogen-bond acceptors (Lipinski definition) is 1. The maximum atomic E-state index is 6.55. The number of halogens is 1. The van der Waals surface area contributed by atoms with Crippen molar-refractivity contribution >= 4 is 11.6 Å². The number of alkyl halides is 1. The molecule has 110 valence electrons. The number of hydrogen-bond donors (Lipinski definition) is 0. The predicted octanol–water partition coefficient (Wildman–Crippen LogP) is 4.59. The van der Waals surface area contributed by atoms with Gasteiger partial charge >= 0.3 is 0 Å². The summed E-state index contributed by atoms with van der Waals surface area (Å²) in [6, 6.07) is 9.61. The molecule has 2 aliphatic carbocycles. The molecular weight excluding hydrogens is 266 g/mol. The van der Waals surface area contributed by atoms with E-state index >= 15 is 0 Å². The average Bonchev–Trinajstić information content (AvgIpc) is 2.48. The highest BCUT2D eigenvalue weighted by atomic mass is 35.5. The van der Waals surface area contributed by atoms with Crippen molar-refractivity contribution in [2.24, 2.45) is 0 Å². The van der Waals surface area contributed by atoms with Crippen LogP contribution >= 0.6 is 11.6 Å². The van der Waals surface area contributed by atoms with Crippen LogP contribution < -0.4 is 0 Å². The molecule has 3 atom stereocenters. The summed E-state index contributed by atoms with van der Waals surface area (Å²) in [6.45, 7) is 1.17. The first-order valence-corrected chi connectivity index (χ1v) is 8.61. The standard InChI is InChI=1S/C18H26ClN/c1-20(18-12-5-4-11-17(18)19)13-15-9-6-8-14-7-2-3-10-16(14)15/h2-3,7,10,15,17-18H,4-6,8-9,11-13H2,1H3. The molecule has 1 aromatic rings. The van der Waals surface area contributed by atoms with Crippen molar-refractivity contribution in [2.75, 3.05) is 13.6 Å². The molecule has 0 radical (unpaired) electrons. The summed E-state index contributed by atoms with van der Waals surface area (Å²) in [5.74, 6) is 0.704. The van der Waals surface area contributed by atoms with Gasteiger partial charge in [0.15, 0.2) is 0 Å². The zero-order valence-electron chi connectivity index (χ0n) is 12.5. The fourth-order valence-electron chi connectivity index (χ4n) is 4.09. The molecule has 0 aliphatic heterocycles. The number of likely N-dealkylation sites (N-methyl/N-ethyl adjacent to an activating group) is 1. The van der Waals surface area contributed by atoms with Gasteiger partial charge in [0.25, 0.3) is 0 Å². The van der Waals surface area contributed by atoms with Crippen molar-refractivity contribution in [3.63, 3.8) is 0 Å². The molecule has 0 heterocycles. The van der Waals surface area contributed by atoms with Crippen molar-refractivity contribution in [3.05, 3.63) is 35.4 Å². The van der Waals surface area contributed by atoms with Crippen molar-refractivity contribution in [1.29, 1.82) is 0 Å². The van der Waals surface area contributed by atoms with E-state index in [1.165, 1.54) is 51.5 Å². The second kappa shape index (κ2) is 6.49. The van der Waals surface area contributed by atoms with Crippen molar-refractivity contribution in [1.82, 2.24) is 4.90 Å². The molecule has 1 fully saturated rings. The van der Waals surface area contributed by atoms with Crippen LogP contribution in [0.4, 0.5) is 0 Å². The summed E-state index contributed by atoms with van der Waals surface area (Å²) in [5.41, 5.74) is 3.16. The van der Waals surface area contributed by atoms with Gasteiger partial charge in [-0.1, -0.05) is 37.1 Å². The molecule has 0 aromatic heterocycles. The highest BCUT2D eigenvalue weighted by Crippen LogP contribution is 2.34. The summed E-state index contributed by atoms with van der Waals surface area (Å²) in [4.78, 5) is 2.55. The summed E-state index contributed by atoms with van der Waals surface area (Å²) >= 11 is 6.55. The van der Waals surface area contributed by atoms with E-state index < -0.39 is 0 Å². The van der Waals surface area contributed by atoms with Crippen LogP contribution in [0.3, 0.4) is 0 Å². The van der Waals surface area contributed by atoms with Crippen LogP contribution in [0.25, 0.3) is 0 Å². The lowest BCUT2D eigenvalue weighted by Crippen LogP contribution is -2.43. The van der Waals surface area contributed by atoms with E-state index in [1.807, 2.05) is 0 Å². The largest absolute Gasteiger partial charge is 0.301 e. The van der Waals surface area contributed by atoms with Crippen molar-refractivity contribution in [3.8, 4) is 0 Å². The fraction of sp³-hybridized carbons (Fsp3) is 0.667. The monoisotopic (exact) mass is 291 g/mol. The first-order valence-electron chi connectivity index (χ1n) is 8.18. The van der Waals surface area contributed by atoms with Gasteiger partial charge in [-0.05, 0) is 56.2 Å². The van der Waals surface area contributed by atoms with E-state index in [4.69, 9.17) is 11.6 Å². The molecule has 0 spiro atoms. The van der Waals surface area contributed by atoms with Crippen LogP contribution in [0.5, 0.6) is 0 Å². The molecule has 20 heavy (non-hydrogen) atoms. The summed E-state index contributed by atoms with van der Waals surface area (Å²) in [6.07, 6.45) is 9.06. The average molecular weight is 292 g/mol. The molecule has 0 amide bonds. The van der Waals surface area contributed by atoms with Crippen molar-refractivity contribution < 1.29 is 0 Å². The van der Waals surface area contributed by atoms with Gasteiger partial charge in [0.1, 0.15) is 0 Å². The molecule has 3 unspecified atom stereocenters. The minimum atomic E-state index is 0.354. The van der Waals surface area contributed by atoms with Gasteiger partial charge in [-0.25, -0.2) is 0 Å². The molecule has 1 aromatic carbocycles. The van der Waals surface area contributed by atoms with E-state index in [-0.39, 0.29) is 0 Å². The van der Waals surface area contributed by atoms with E-state index in [2.05, 4.69) is 36.2 Å². The van der Waals surface area contributed by atoms with E-state index in [0.717, 1.165) is 0 Å². The van der Waals surface area contributed by atoms with E-state index in [9.17, 15) is 0 Å². The minimum Gasteiger partial charge on any atom is -0.301 e. The van der Waals surface area contributed by atoms with Crippen LogP contribution in [0, 0.1) is 0 Å². The molecule has 0 N–H and O–H groups in total. The molecule has 2 aliphatic rings. The molecule has 1 saturated carbocycles. The van der Waals surface area contributed by atoms with Gasteiger partial charge < -0.3 is 4.90 Å². The van der Waals surface area contributed by atoms with Gasteiger partial charge in [0.05, 0.1) is 0 Å². The maximum absolute atomic E-state index is 6.55. The van der Waals surface area contributed by atoms with Crippen LogP contribution in [0.15, 0.2) is 24.3 Å². The first kappa shape index (κ1) is 14.4. The van der Waals surface area contributed by atoms with Crippen molar-refractivity contribution in [2.45, 2.75) is 62.3 Å². The Hall–Kier alpha value is -0.530. The Morgan fingerprint density at radius 3 is 2.75 bits per heavy atom. The third-order valence-electron chi connectivity index (χ3n) is 5.22. The predicted molar refractivity (Wildman–Crippen MR) is 86.6 cm³/mol. The Labute approximate surface area is 128 Å². The number of rotatable bonds is 3.